The van der Waals surface area contributed by atoms with Crippen LogP contribution in [0.3, 0.4) is 0 Å². The molecule has 0 aliphatic heterocycles. The maximum Gasteiger partial charge on any atom is 0.164 e. The molecule has 0 aliphatic carbocycles. The Balaban J connectivity index is 2.48. The highest BCUT2D eigenvalue weighted by molar-refractivity contribution is 5.95. The largest absolute Gasteiger partial charge is 0.294 e. The van der Waals surface area contributed by atoms with Crippen LogP contribution in [-0.2, 0) is 0 Å². The monoisotopic (exact) mass is 191 g/mol. The Morgan fingerprint density at radius 1 is 1.36 bits per heavy atom. The fraction of sp³-hybridized carbons (Fsp3) is 0.500. The molecule has 0 bridgehead atoms. The van der Waals surface area contributed by atoms with E-state index >= 15 is 0 Å². The second-order valence-corrected chi connectivity index (χ2v) is 3.57. The lowest BCUT2D eigenvalue weighted by Gasteiger charge is -2.00. The molecule has 0 aromatic carbocycles. The summed E-state index contributed by atoms with van der Waals surface area (Å²) in [5.74, 6) is 0.214. The van der Waals surface area contributed by atoms with Crippen LogP contribution in [0, 0.1) is 6.92 Å². The summed E-state index contributed by atoms with van der Waals surface area (Å²) >= 11 is 0. The third-order valence-corrected chi connectivity index (χ3v) is 2.24. The number of unbranched alkanes of at least 4 members (excludes halogenated alkanes) is 2. The van der Waals surface area contributed by atoms with Crippen LogP contribution in [0.15, 0.2) is 18.3 Å². The van der Waals surface area contributed by atoms with Gasteiger partial charge in [-0.25, -0.2) is 0 Å². The number of Topliss-reactive ketones (excluding diaryl/α,β-unsaturated/α-hetero) is 1. The van der Waals surface area contributed by atoms with Gasteiger partial charge in [-0.3, -0.25) is 9.78 Å². The van der Waals surface area contributed by atoms with Crippen LogP contribution in [0.5, 0.6) is 0 Å². The minimum Gasteiger partial charge on any atom is -0.294 e. The number of aromatic nitrogens is 1. The van der Waals surface area contributed by atoms with Gasteiger partial charge in [-0.1, -0.05) is 19.8 Å². The quantitative estimate of drug-likeness (QED) is 0.528. The van der Waals surface area contributed by atoms with Crippen molar-refractivity contribution >= 4 is 5.78 Å². The number of hydrogen-bond donors (Lipinski definition) is 0. The van der Waals surface area contributed by atoms with Gasteiger partial charge >= 0.3 is 0 Å². The molecule has 1 aromatic rings. The van der Waals surface area contributed by atoms with Gasteiger partial charge < -0.3 is 0 Å². The van der Waals surface area contributed by atoms with E-state index in [1.165, 1.54) is 0 Å². The number of carbonyl (C=O) groups excluding carboxylic acids is 1. The van der Waals surface area contributed by atoms with Crippen molar-refractivity contribution in [3.63, 3.8) is 0 Å². The first-order valence-electron chi connectivity index (χ1n) is 5.20. The van der Waals surface area contributed by atoms with Crippen LogP contribution in [0.2, 0.25) is 0 Å². The fourth-order valence-electron chi connectivity index (χ4n) is 1.31. The Bertz CT molecular complexity index is 290. The molecule has 0 fully saturated rings. The van der Waals surface area contributed by atoms with E-state index in [4.69, 9.17) is 0 Å². The number of ketones is 1. The lowest BCUT2D eigenvalue weighted by Crippen LogP contribution is -1.99. The third kappa shape index (κ3) is 3.29. The van der Waals surface area contributed by atoms with E-state index in [0.29, 0.717) is 6.42 Å². The van der Waals surface area contributed by atoms with Gasteiger partial charge in [0.05, 0.1) is 0 Å². The van der Waals surface area contributed by atoms with E-state index in [9.17, 15) is 4.79 Å². The molecule has 0 saturated heterocycles. The molecule has 76 valence electrons. The molecule has 1 rings (SSSR count). The standard InChI is InChI=1S/C12H17NO/c1-3-4-5-6-12(14)11-8-7-10(2)13-9-11/h7-9H,3-6H2,1-2H3. The van der Waals surface area contributed by atoms with Crippen LogP contribution in [0.25, 0.3) is 0 Å². The SMILES string of the molecule is CCCCCC(=O)c1ccc(C)nc1. The van der Waals surface area contributed by atoms with E-state index in [2.05, 4.69) is 11.9 Å². The molecule has 1 aromatic heterocycles. The first kappa shape index (κ1) is 10.9. The maximum atomic E-state index is 11.6. The summed E-state index contributed by atoms with van der Waals surface area (Å²) < 4.78 is 0. The van der Waals surface area contributed by atoms with Crippen LogP contribution < -0.4 is 0 Å². The van der Waals surface area contributed by atoms with Crippen molar-refractivity contribution in [3.05, 3.63) is 29.6 Å². The lowest BCUT2D eigenvalue weighted by atomic mass is 10.1. The summed E-state index contributed by atoms with van der Waals surface area (Å²) in [6, 6.07) is 3.74. The minimum absolute atomic E-state index is 0.214. The third-order valence-electron chi connectivity index (χ3n) is 2.24. The Hall–Kier alpha value is -1.18. The number of rotatable bonds is 5. The summed E-state index contributed by atoms with van der Waals surface area (Å²) in [6.07, 6.45) is 5.59. The summed E-state index contributed by atoms with van der Waals surface area (Å²) in [7, 11) is 0. The van der Waals surface area contributed by atoms with Gasteiger partial charge in [0.2, 0.25) is 0 Å². The molecule has 0 saturated carbocycles. The van der Waals surface area contributed by atoms with E-state index < -0.39 is 0 Å². The molecule has 2 heteroatoms. The normalized spacial score (nSPS) is 10.1. The van der Waals surface area contributed by atoms with Gasteiger partial charge in [0.15, 0.2) is 5.78 Å². The zero-order valence-electron chi connectivity index (χ0n) is 8.92. The van der Waals surface area contributed by atoms with Crippen molar-refractivity contribution < 1.29 is 4.79 Å². The Morgan fingerprint density at radius 3 is 2.71 bits per heavy atom. The maximum absolute atomic E-state index is 11.6. The van der Waals surface area contributed by atoms with Crippen LogP contribution in [0.4, 0.5) is 0 Å². The average Bonchev–Trinajstić information content (AvgIpc) is 2.19. The molecule has 0 amide bonds. The van der Waals surface area contributed by atoms with Gasteiger partial charge in [0, 0.05) is 23.9 Å². The number of carbonyl (C=O) groups is 1. The van der Waals surface area contributed by atoms with Crippen molar-refractivity contribution in [2.75, 3.05) is 0 Å². The Kier molecular flexibility index (Phi) is 4.30. The molecule has 14 heavy (non-hydrogen) atoms. The fourth-order valence-corrected chi connectivity index (χ4v) is 1.31. The molecular formula is C12H17NO. The zero-order chi connectivity index (χ0) is 10.4. The van der Waals surface area contributed by atoms with Crippen LogP contribution >= 0.6 is 0 Å². The smallest absolute Gasteiger partial charge is 0.164 e. The Morgan fingerprint density at radius 2 is 2.14 bits per heavy atom. The van der Waals surface area contributed by atoms with Gasteiger partial charge in [0.1, 0.15) is 0 Å². The summed E-state index contributed by atoms with van der Waals surface area (Å²) in [5, 5.41) is 0. The first-order chi connectivity index (χ1) is 6.74. The van der Waals surface area contributed by atoms with E-state index in [-0.39, 0.29) is 5.78 Å². The van der Waals surface area contributed by atoms with Crippen molar-refractivity contribution in [2.45, 2.75) is 39.5 Å². The number of nitrogens with zero attached hydrogens (tertiary/aromatic N) is 1. The lowest BCUT2D eigenvalue weighted by molar-refractivity contribution is 0.0979. The van der Waals surface area contributed by atoms with Crippen molar-refractivity contribution in [1.82, 2.24) is 4.98 Å². The molecule has 0 spiro atoms. The van der Waals surface area contributed by atoms with Gasteiger partial charge in [-0.2, -0.15) is 0 Å². The molecule has 0 aliphatic rings. The zero-order valence-corrected chi connectivity index (χ0v) is 8.92. The topological polar surface area (TPSA) is 30.0 Å². The summed E-state index contributed by atoms with van der Waals surface area (Å²) in [5.41, 5.74) is 1.70. The van der Waals surface area contributed by atoms with Crippen molar-refractivity contribution in [3.8, 4) is 0 Å². The highest BCUT2D eigenvalue weighted by Crippen LogP contribution is 2.07. The molecule has 0 radical (unpaired) electrons. The highest BCUT2D eigenvalue weighted by atomic mass is 16.1. The van der Waals surface area contributed by atoms with Crippen LogP contribution in [0.1, 0.15) is 48.7 Å². The number of pyridine rings is 1. The van der Waals surface area contributed by atoms with E-state index in [1.54, 1.807) is 6.20 Å². The highest BCUT2D eigenvalue weighted by Gasteiger charge is 2.04. The van der Waals surface area contributed by atoms with E-state index in [1.807, 2.05) is 19.1 Å². The second kappa shape index (κ2) is 5.53. The molecule has 2 nitrogen and oxygen atoms in total. The van der Waals surface area contributed by atoms with Crippen molar-refractivity contribution in [2.24, 2.45) is 0 Å². The average molecular weight is 191 g/mol. The van der Waals surface area contributed by atoms with Gasteiger partial charge in [0.25, 0.3) is 0 Å². The van der Waals surface area contributed by atoms with Crippen molar-refractivity contribution in [1.29, 1.82) is 0 Å². The molecule has 1 heterocycles. The van der Waals surface area contributed by atoms with Gasteiger partial charge in [-0.05, 0) is 25.5 Å². The summed E-state index contributed by atoms with van der Waals surface area (Å²) in [4.78, 5) is 15.7. The Labute approximate surface area is 85.4 Å². The molecule has 0 unspecified atom stereocenters. The molecular weight excluding hydrogens is 174 g/mol. The number of hydrogen-bond acceptors (Lipinski definition) is 2. The van der Waals surface area contributed by atoms with Gasteiger partial charge in [-0.15, -0.1) is 0 Å². The predicted octanol–water partition coefficient (Wildman–Crippen LogP) is 3.15. The predicted molar refractivity (Wildman–Crippen MR) is 57.4 cm³/mol. The molecule has 0 N–H and O–H groups in total. The number of aryl methyl sites for hydroxylation is 1. The van der Waals surface area contributed by atoms with Crippen LogP contribution in [-0.4, -0.2) is 10.8 Å². The van der Waals surface area contributed by atoms with E-state index in [0.717, 1.165) is 30.5 Å². The first-order valence-corrected chi connectivity index (χ1v) is 5.20. The summed E-state index contributed by atoms with van der Waals surface area (Å²) in [6.45, 7) is 4.06. The minimum atomic E-state index is 0.214. The second-order valence-electron chi connectivity index (χ2n) is 3.57. The molecule has 0 atom stereocenters.